The van der Waals surface area contributed by atoms with E-state index < -0.39 is 0 Å². The lowest BCUT2D eigenvalue weighted by molar-refractivity contribution is 0.242. The molecule has 0 saturated carbocycles. The van der Waals surface area contributed by atoms with Crippen LogP contribution < -0.4 is 5.56 Å². The third-order valence-electron chi connectivity index (χ3n) is 4.69. The van der Waals surface area contributed by atoms with Crippen LogP contribution >= 0.6 is 11.6 Å². The molecule has 1 aliphatic rings. The topological polar surface area (TPSA) is 64.8 Å². The molecule has 0 spiro atoms. The molecule has 6 heteroatoms. The largest absolute Gasteiger partial charge is 0.293 e. The van der Waals surface area contributed by atoms with Gasteiger partial charge >= 0.3 is 0 Å². The summed E-state index contributed by atoms with van der Waals surface area (Å²) >= 11 is 6.07. The van der Waals surface area contributed by atoms with Crippen LogP contribution in [-0.2, 0) is 19.5 Å². The van der Waals surface area contributed by atoms with Crippen LogP contribution in [0.2, 0.25) is 5.02 Å². The fourth-order valence-corrected chi connectivity index (χ4v) is 3.65. The molecule has 0 unspecified atom stereocenters. The van der Waals surface area contributed by atoms with E-state index in [9.17, 15) is 10.1 Å². The zero-order valence-electron chi connectivity index (χ0n) is 14.1. The summed E-state index contributed by atoms with van der Waals surface area (Å²) in [6.45, 7) is 2.26. The predicted octanol–water partition coefficient (Wildman–Crippen LogP) is 3.25. The maximum atomic E-state index is 12.8. The van der Waals surface area contributed by atoms with Gasteiger partial charge < -0.3 is 0 Å². The third kappa shape index (κ3) is 3.05. The quantitative estimate of drug-likeness (QED) is 0.775. The van der Waals surface area contributed by atoms with Crippen LogP contribution in [0.1, 0.15) is 22.4 Å². The predicted molar refractivity (Wildman–Crippen MR) is 100 cm³/mol. The number of nitrogens with one attached hydrogen (secondary N) is 1. The Kier molecular flexibility index (Phi) is 4.37. The van der Waals surface area contributed by atoms with Gasteiger partial charge in [0.2, 0.25) is 0 Å². The fraction of sp³-hybridized carbons (Fsp3) is 0.200. The van der Waals surface area contributed by atoms with Crippen LogP contribution in [0, 0.1) is 11.3 Å². The average molecular weight is 365 g/mol. The number of H-pyrrole nitrogens is 1. The number of aromatic nitrogens is 2. The molecule has 5 nitrogen and oxygen atoms in total. The molecule has 2 heterocycles. The van der Waals surface area contributed by atoms with E-state index in [0.717, 1.165) is 34.9 Å². The highest BCUT2D eigenvalue weighted by molar-refractivity contribution is 6.30. The number of nitriles is 1. The van der Waals surface area contributed by atoms with Crippen molar-refractivity contribution in [3.05, 3.63) is 86.3 Å². The summed E-state index contributed by atoms with van der Waals surface area (Å²) in [7, 11) is 0. The molecule has 3 aromatic rings. The molecule has 0 aliphatic carbocycles. The van der Waals surface area contributed by atoms with E-state index in [-0.39, 0.29) is 5.56 Å². The molecule has 0 atom stereocenters. The molecule has 0 saturated heterocycles. The van der Waals surface area contributed by atoms with E-state index in [0.29, 0.717) is 24.2 Å². The van der Waals surface area contributed by atoms with Gasteiger partial charge in [-0.3, -0.25) is 14.8 Å². The van der Waals surface area contributed by atoms with Gasteiger partial charge in [0, 0.05) is 30.2 Å². The van der Waals surface area contributed by atoms with Gasteiger partial charge in [0.1, 0.15) is 6.07 Å². The molecule has 0 fully saturated rings. The SMILES string of the molecule is N#Cc1ccccc1-n1[nH]c2c(c1=O)CCN(Cc1cccc(Cl)c1)C2. The van der Waals surface area contributed by atoms with Crippen LogP contribution in [-0.4, -0.2) is 21.2 Å². The number of nitrogens with zero attached hydrogens (tertiary/aromatic N) is 3. The van der Waals surface area contributed by atoms with Crippen LogP contribution in [0.5, 0.6) is 0 Å². The second kappa shape index (κ2) is 6.83. The lowest BCUT2D eigenvalue weighted by atomic mass is 10.1. The summed E-state index contributed by atoms with van der Waals surface area (Å²) in [6.07, 6.45) is 0.687. The van der Waals surface area contributed by atoms with Gasteiger partial charge in [0.05, 0.1) is 16.9 Å². The van der Waals surface area contributed by atoms with Crippen molar-refractivity contribution in [2.24, 2.45) is 0 Å². The van der Waals surface area contributed by atoms with E-state index in [1.165, 1.54) is 4.68 Å². The number of fused-ring (bicyclic) bond motifs is 1. The van der Waals surface area contributed by atoms with Crippen LogP contribution in [0.15, 0.2) is 53.3 Å². The Labute approximate surface area is 156 Å². The fourth-order valence-electron chi connectivity index (χ4n) is 3.44. The maximum Gasteiger partial charge on any atom is 0.274 e. The van der Waals surface area contributed by atoms with Crippen molar-refractivity contribution in [1.82, 2.24) is 14.7 Å². The second-order valence-corrected chi connectivity index (χ2v) is 6.87. The zero-order valence-corrected chi connectivity index (χ0v) is 14.8. The van der Waals surface area contributed by atoms with Crippen molar-refractivity contribution in [1.29, 1.82) is 5.26 Å². The van der Waals surface area contributed by atoms with Crippen molar-refractivity contribution in [2.45, 2.75) is 19.5 Å². The number of rotatable bonds is 3. The molecule has 26 heavy (non-hydrogen) atoms. The van der Waals surface area contributed by atoms with Gasteiger partial charge in [-0.25, -0.2) is 4.68 Å². The number of hydrogen-bond acceptors (Lipinski definition) is 3. The number of halogens is 1. The third-order valence-corrected chi connectivity index (χ3v) is 4.93. The molecule has 0 radical (unpaired) electrons. The minimum atomic E-state index is -0.0647. The van der Waals surface area contributed by atoms with E-state index in [4.69, 9.17) is 11.6 Å². The first-order valence-corrected chi connectivity index (χ1v) is 8.82. The number of aromatic amines is 1. The van der Waals surface area contributed by atoms with Crippen molar-refractivity contribution < 1.29 is 0 Å². The van der Waals surface area contributed by atoms with Crippen molar-refractivity contribution in [3.63, 3.8) is 0 Å². The standard InChI is InChI=1S/C20H17ClN4O/c21-16-6-3-4-14(10-16)12-24-9-8-17-18(13-24)23-25(20(17)26)19-7-2-1-5-15(19)11-22/h1-7,10,23H,8-9,12-13H2. The van der Waals surface area contributed by atoms with Gasteiger partial charge in [-0.05, 0) is 36.2 Å². The molecule has 130 valence electrons. The first kappa shape index (κ1) is 16.6. The molecule has 0 amide bonds. The Hall–Kier alpha value is -2.81. The Balaban J connectivity index is 1.63. The molecule has 4 rings (SSSR count). The minimum Gasteiger partial charge on any atom is -0.293 e. The second-order valence-electron chi connectivity index (χ2n) is 6.43. The Morgan fingerprint density at radius 3 is 2.85 bits per heavy atom. The van der Waals surface area contributed by atoms with Crippen LogP contribution in [0.25, 0.3) is 5.69 Å². The summed E-state index contributed by atoms with van der Waals surface area (Å²) < 4.78 is 1.49. The van der Waals surface area contributed by atoms with Crippen molar-refractivity contribution in [2.75, 3.05) is 6.54 Å². The lowest BCUT2D eigenvalue weighted by Gasteiger charge is -2.26. The van der Waals surface area contributed by atoms with Crippen molar-refractivity contribution in [3.8, 4) is 11.8 Å². The summed E-state index contributed by atoms with van der Waals surface area (Å²) in [6, 6.07) is 17.1. The highest BCUT2D eigenvalue weighted by atomic mass is 35.5. The number of para-hydroxylation sites is 1. The molecule has 0 bridgehead atoms. The monoisotopic (exact) mass is 364 g/mol. The Bertz CT molecular complexity index is 1060. The highest BCUT2D eigenvalue weighted by Gasteiger charge is 2.23. The lowest BCUT2D eigenvalue weighted by Crippen LogP contribution is -2.31. The van der Waals surface area contributed by atoms with Crippen molar-refractivity contribution >= 4 is 11.6 Å². The smallest absolute Gasteiger partial charge is 0.274 e. The van der Waals surface area contributed by atoms with Gasteiger partial charge in [-0.2, -0.15) is 5.26 Å². The summed E-state index contributed by atoms with van der Waals surface area (Å²) in [5.74, 6) is 0. The maximum absolute atomic E-state index is 12.8. The minimum absolute atomic E-state index is 0.0647. The summed E-state index contributed by atoms with van der Waals surface area (Å²) in [5.41, 5.74) is 3.87. The molecular formula is C20H17ClN4O. The Morgan fingerprint density at radius 1 is 1.19 bits per heavy atom. The first-order valence-electron chi connectivity index (χ1n) is 8.45. The average Bonchev–Trinajstić information content (AvgIpc) is 2.97. The van der Waals surface area contributed by atoms with E-state index in [1.54, 1.807) is 18.2 Å². The highest BCUT2D eigenvalue weighted by Crippen LogP contribution is 2.20. The molecule has 1 N–H and O–H groups in total. The summed E-state index contributed by atoms with van der Waals surface area (Å²) in [4.78, 5) is 15.1. The first-order chi connectivity index (χ1) is 12.7. The number of hydrogen-bond donors (Lipinski definition) is 1. The molecule has 1 aliphatic heterocycles. The Morgan fingerprint density at radius 2 is 2.04 bits per heavy atom. The molecule has 1 aromatic heterocycles. The van der Waals surface area contributed by atoms with Gasteiger partial charge in [0.25, 0.3) is 5.56 Å². The normalized spacial score (nSPS) is 14.0. The van der Waals surface area contributed by atoms with Gasteiger partial charge in [-0.1, -0.05) is 35.9 Å². The van der Waals surface area contributed by atoms with Crippen LogP contribution in [0.3, 0.4) is 0 Å². The molecule has 2 aromatic carbocycles. The van der Waals surface area contributed by atoms with E-state index in [2.05, 4.69) is 22.1 Å². The summed E-state index contributed by atoms with van der Waals surface area (Å²) in [5, 5.41) is 13.2. The van der Waals surface area contributed by atoms with E-state index in [1.807, 2.05) is 24.3 Å². The molecular weight excluding hydrogens is 348 g/mol. The number of benzene rings is 2. The van der Waals surface area contributed by atoms with Crippen LogP contribution in [0.4, 0.5) is 0 Å². The van der Waals surface area contributed by atoms with E-state index >= 15 is 0 Å². The van der Waals surface area contributed by atoms with Gasteiger partial charge in [-0.15, -0.1) is 0 Å². The van der Waals surface area contributed by atoms with Gasteiger partial charge in [0.15, 0.2) is 0 Å². The zero-order chi connectivity index (χ0) is 18.1.